The molecule has 0 unspecified atom stereocenters. The number of hydrogen-bond donors (Lipinski definition) is 1. The lowest BCUT2D eigenvalue weighted by Crippen LogP contribution is -2.39. The molecule has 1 heterocycles. The Balaban J connectivity index is 2.26. The maximum absolute atomic E-state index is 12.4. The van der Waals surface area contributed by atoms with Crippen LogP contribution < -0.4 is 0 Å². The van der Waals surface area contributed by atoms with Crippen molar-refractivity contribution in [1.29, 1.82) is 0 Å². The third kappa shape index (κ3) is 2.92. The van der Waals surface area contributed by atoms with Gasteiger partial charge >= 0.3 is 0 Å². The van der Waals surface area contributed by atoms with Crippen molar-refractivity contribution in [3.05, 3.63) is 48.6 Å². The Hall–Kier alpha value is -1.49. The first-order valence-electron chi connectivity index (χ1n) is 6.20. The van der Waals surface area contributed by atoms with E-state index in [0.29, 0.717) is 5.56 Å². The third-order valence-corrected chi connectivity index (χ3v) is 3.02. The molecule has 0 saturated carbocycles. The van der Waals surface area contributed by atoms with Gasteiger partial charge in [0.15, 0.2) is 17.7 Å². The molecule has 0 bridgehead atoms. The average molecular weight is 262 g/mol. The lowest BCUT2D eigenvalue weighted by molar-refractivity contribution is -0.150. The fourth-order valence-electron chi connectivity index (χ4n) is 2.14. The zero-order chi connectivity index (χ0) is 14.0. The topological polar surface area (TPSA) is 55.8 Å². The predicted molar refractivity (Wildman–Crippen MR) is 70.8 cm³/mol. The molecule has 0 aliphatic carbocycles. The molecule has 0 amide bonds. The van der Waals surface area contributed by atoms with Crippen LogP contribution in [0.1, 0.15) is 24.2 Å². The molecule has 1 aliphatic heterocycles. The van der Waals surface area contributed by atoms with Crippen molar-refractivity contribution in [1.82, 2.24) is 0 Å². The first kappa shape index (κ1) is 13.9. The zero-order valence-corrected chi connectivity index (χ0v) is 11.1. The number of aliphatic hydroxyl groups excluding tert-OH is 1. The second kappa shape index (κ2) is 5.25. The normalized spacial score (nSPS) is 26.9. The number of rotatable bonds is 4. The van der Waals surface area contributed by atoms with Crippen LogP contribution in [0.15, 0.2) is 43.0 Å². The monoisotopic (exact) mass is 262 g/mol. The standard InChI is InChI=1S/C15H18O4/c1-4-11(16)13-14(19-15(2,3)18-13)12(17)10-8-6-5-7-9-10/h4-9,11,13-14,16H,1H2,2-3H3/t11-,13+,14+/m1/s1. The Kier molecular flexibility index (Phi) is 3.85. The number of hydrogen-bond acceptors (Lipinski definition) is 4. The second-order valence-electron chi connectivity index (χ2n) is 4.98. The fraction of sp³-hybridized carbons (Fsp3) is 0.400. The van der Waals surface area contributed by atoms with E-state index in [9.17, 15) is 9.90 Å². The van der Waals surface area contributed by atoms with E-state index in [4.69, 9.17) is 9.47 Å². The summed E-state index contributed by atoms with van der Waals surface area (Å²) in [5.41, 5.74) is 0.537. The summed E-state index contributed by atoms with van der Waals surface area (Å²) in [6, 6.07) is 8.84. The number of ether oxygens (including phenoxy) is 2. The minimum Gasteiger partial charge on any atom is -0.386 e. The fourth-order valence-corrected chi connectivity index (χ4v) is 2.14. The Bertz CT molecular complexity index is 466. The highest BCUT2D eigenvalue weighted by Crippen LogP contribution is 2.32. The predicted octanol–water partition coefficient (Wildman–Crippen LogP) is 1.94. The van der Waals surface area contributed by atoms with E-state index in [0.717, 1.165) is 0 Å². The third-order valence-electron chi connectivity index (χ3n) is 3.02. The first-order valence-corrected chi connectivity index (χ1v) is 6.20. The van der Waals surface area contributed by atoms with Crippen LogP contribution in [0.5, 0.6) is 0 Å². The van der Waals surface area contributed by atoms with Crippen molar-refractivity contribution in [2.75, 3.05) is 0 Å². The molecule has 1 saturated heterocycles. The summed E-state index contributed by atoms with van der Waals surface area (Å²) in [7, 11) is 0. The molecule has 1 fully saturated rings. The van der Waals surface area contributed by atoms with Gasteiger partial charge in [-0.3, -0.25) is 4.79 Å². The minimum absolute atomic E-state index is 0.197. The van der Waals surface area contributed by atoms with Crippen LogP contribution in [-0.2, 0) is 9.47 Å². The molecule has 0 spiro atoms. The van der Waals surface area contributed by atoms with Crippen LogP contribution in [-0.4, -0.2) is 35.0 Å². The van der Waals surface area contributed by atoms with Gasteiger partial charge in [0, 0.05) is 5.56 Å². The number of carbonyl (C=O) groups excluding carboxylic acids is 1. The Morgan fingerprint density at radius 2 is 2.00 bits per heavy atom. The molecule has 0 radical (unpaired) electrons. The van der Waals surface area contributed by atoms with Gasteiger partial charge in [-0.15, -0.1) is 6.58 Å². The number of ketones is 1. The van der Waals surface area contributed by atoms with E-state index in [1.165, 1.54) is 6.08 Å². The highest BCUT2D eigenvalue weighted by atomic mass is 16.8. The molecule has 2 rings (SSSR count). The number of aliphatic hydroxyl groups is 1. The molecule has 19 heavy (non-hydrogen) atoms. The van der Waals surface area contributed by atoms with Crippen molar-refractivity contribution < 1.29 is 19.4 Å². The zero-order valence-electron chi connectivity index (χ0n) is 11.1. The molecule has 0 aromatic heterocycles. The molecule has 1 N–H and O–H groups in total. The van der Waals surface area contributed by atoms with Crippen molar-refractivity contribution in [3.63, 3.8) is 0 Å². The minimum atomic E-state index is -0.945. The summed E-state index contributed by atoms with van der Waals surface area (Å²) >= 11 is 0. The van der Waals surface area contributed by atoms with Crippen molar-refractivity contribution >= 4 is 5.78 Å². The van der Waals surface area contributed by atoms with Gasteiger partial charge in [-0.05, 0) is 13.8 Å². The van der Waals surface area contributed by atoms with E-state index in [-0.39, 0.29) is 5.78 Å². The molecular formula is C15H18O4. The SMILES string of the molecule is C=C[C@@H](O)[C@@H]1OC(C)(C)O[C@H]1C(=O)c1ccccc1. The van der Waals surface area contributed by atoms with E-state index in [1.54, 1.807) is 38.1 Å². The summed E-state index contributed by atoms with van der Waals surface area (Å²) in [5.74, 6) is -1.10. The summed E-state index contributed by atoms with van der Waals surface area (Å²) in [5, 5.41) is 9.88. The van der Waals surface area contributed by atoms with Gasteiger partial charge in [0.25, 0.3) is 0 Å². The molecule has 102 valence electrons. The molecule has 4 heteroatoms. The van der Waals surface area contributed by atoms with Gasteiger partial charge < -0.3 is 14.6 Å². The highest BCUT2D eigenvalue weighted by Gasteiger charge is 2.47. The highest BCUT2D eigenvalue weighted by molar-refractivity contribution is 6.00. The molecular weight excluding hydrogens is 244 g/mol. The van der Waals surface area contributed by atoms with Gasteiger partial charge in [0.2, 0.25) is 0 Å². The lowest BCUT2D eigenvalue weighted by Gasteiger charge is -2.19. The summed E-state index contributed by atoms with van der Waals surface area (Å²) < 4.78 is 11.2. The van der Waals surface area contributed by atoms with Crippen LogP contribution >= 0.6 is 0 Å². The van der Waals surface area contributed by atoms with Crippen molar-refractivity contribution in [3.8, 4) is 0 Å². The summed E-state index contributed by atoms with van der Waals surface area (Å²) in [6.45, 7) is 6.96. The number of benzene rings is 1. The molecule has 1 aliphatic rings. The largest absolute Gasteiger partial charge is 0.386 e. The Morgan fingerprint density at radius 3 is 2.58 bits per heavy atom. The first-order chi connectivity index (χ1) is 8.94. The van der Waals surface area contributed by atoms with Crippen LogP contribution in [0.4, 0.5) is 0 Å². The Morgan fingerprint density at radius 1 is 1.37 bits per heavy atom. The van der Waals surface area contributed by atoms with Gasteiger partial charge in [0.05, 0.1) is 0 Å². The average Bonchev–Trinajstić information content (AvgIpc) is 2.74. The number of Topliss-reactive ketones (excluding diaryl/α,β-unsaturated/α-hetero) is 1. The smallest absolute Gasteiger partial charge is 0.194 e. The van der Waals surface area contributed by atoms with Crippen LogP contribution in [0.2, 0.25) is 0 Å². The van der Waals surface area contributed by atoms with Crippen molar-refractivity contribution in [2.24, 2.45) is 0 Å². The maximum atomic E-state index is 12.4. The molecule has 1 aromatic carbocycles. The van der Waals surface area contributed by atoms with E-state index >= 15 is 0 Å². The Labute approximate surface area is 112 Å². The van der Waals surface area contributed by atoms with Gasteiger partial charge in [0.1, 0.15) is 12.2 Å². The molecule has 1 aromatic rings. The summed E-state index contributed by atoms with van der Waals surface area (Å²) in [6.07, 6.45) is -1.16. The van der Waals surface area contributed by atoms with Crippen LogP contribution in [0, 0.1) is 0 Å². The summed E-state index contributed by atoms with van der Waals surface area (Å²) in [4.78, 5) is 12.4. The van der Waals surface area contributed by atoms with Gasteiger partial charge in [-0.2, -0.15) is 0 Å². The quantitative estimate of drug-likeness (QED) is 0.665. The van der Waals surface area contributed by atoms with E-state index in [1.807, 2.05) is 6.07 Å². The van der Waals surface area contributed by atoms with Crippen molar-refractivity contribution in [2.45, 2.75) is 37.9 Å². The van der Waals surface area contributed by atoms with E-state index < -0.39 is 24.1 Å². The molecule has 3 atom stereocenters. The lowest BCUT2D eigenvalue weighted by atomic mass is 9.99. The molecule has 4 nitrogen and oxygen atoms in total. The number of carbonyl (C=O) groups is 1. The van der Waals surface area contributed by atoms with Gasteiger partial charge in [-0.25, -0.2) is 0 Å². The van der Waals surface area contributed by atoms with Crippen LogP contribution in [0.25, 0.3) is 0 Å². The van der Waals surface area contributed by atoms with Crippen LogP contribution in [0.3, 0.4) is 0 Å². The second-order valence-corrected chi connectivity index (χ2v) is 4.98. The van der Waals surface area contributed by atoms with Gasteiger partial charge in [-0.1, -0.05) is 36.4 Å². The maximum Gasteiger partial charge on any atom is 0.194 e. The van der Waals surface area contributed by atoms with E-state index in [2.05, 4.69) is 6.58 Å².